The highest BCUT2D eigenvalue weighted by atomic mass is 79.9. The smallest absolute Gasteiger partial charge is 0.312 e. The Bertz CT molecular complexity index is 396. The zero-order valence-corrected chi connectivity index (χ0v) is 11.0. The second-order valence-electron chi connectivity index (χ2n) is 4.44. The van der Waals surface area contributed by atoms with E-state index in [9.17, 15) is 9.18 Å². The lowest BCUT2D eigenvalue weighted by atomic mass is 9.73. The first kappa shape index (κ1) is 13.2. The van der Waals surface area contributed by atoms with Crippen LogP contribution < -0.4 is 0 Å². The molecular formula is C12H14BrFO2. The van der Waals surface area contributed by atoms with Gasteiger partial charge in [-0.15, -0.1) is 0 Å². The van der Waals surface area contributed by atoms with Crippen LogP contribution in [0.2, 0.25) is 0 Å². The van der Waals surface area contributed by atoms with Crippen LogP contribution in [0, 0.1) is 5.41 Å². The minimum Gasteiger partial charge on any atom is -0.481 e. The van der Waals surface area contributed by atoms with Crippen molar-refractivity contribution < 1.29 is 14.3 Å². The van der Waals surface area contributed by atoms with Crippen LogP contribution in [-0.4, -0.2) is 11.1 Å². The standard InChI is InChI=1S/C12H14BrFO2/c1-11(2,10(15)16)12(3,14)8-4-6-9(13)7-5-8/h4-7H,1-3H3,(H,15,16). The van der Waals surface area contributed by atoms with E-state index in [0.29, 0.717) is 5.56 Å². The molecule has 0 bridgehead atoms. The van der Waals surface area contributed by atoms with Crippen molar-refractivity contribution in [3.8, 4) is 0 Å². The third-order valence-corrected chi connectivity index (χ3v) is 3.62. The molecule has 1 N–H and O–H groups in total. The molecule has 0 aromatic heterocycles. The van der Waals surface area contributed by atoms with Crippen LogP contribution in [0.3, 0.4) is 0 Å². The Kier molecular flexibility index (Phi) is 3.43. The van der Waals surface area contributed by atoms with Gasteiger partial charge >= 0.3 is 5.97 Å². The van der Waals surface area contributed by atoms with E-state index in [1.807, 2.05) is 0 Å². The van der Waals surface area contributed by atoms with Crippen molar-refractivity contribution in [1.82, 2.24) is 0 Å². The molecule has 0 saturated heterocycles. The number of benzene rings is 1. The summed E-state index contributed by atoms with van der Waals surface area (Å²) in [5, 5.41) is 9.04. The molecule has 0 fully saturated rings. The van der Waals surface area contributed by atoms with Gasteiger partial charge in [-0.1, -0.05) is 28.1 Å². The Morgan fingerprint density at radius 3 is 2.06 bits per heavy atom. The highest BCUT2D eigenvalue weighted by molar-refractivity contribution is 9.10. The molecule has 4 heteroatoms. The van der Waals surface area contributed by atoms with Gasteiger partial charge in [-0.25, -0.2) is 4.39 Å². The lowest BCUT2D eigenvalue weighted by molar-refractivity contribution is -0.156. The molecule has 0 heterocycles. The molecule has 1 unspecified atom stereocenters. The van der Waals surface area contributed by atoms with Crippen LogP contribution in [0.25, 0.3) is 0 Å². The molecule has 88 valence electrons. The molecular weight excluding hydrogens is 275 g/mol. The number of aliphatic carboxylic acids is 1. The molecule has 0 aliphatic rings. The maximum Gasteiger partial charge on any atom is 0.312 e. The van der Waals surface area contributed by atoms with E-state index < -0.39 is 17.1 Å². The number of halogens is 2. The predicted octanol–water partition coefficient (Wildman–Crippen LogP) is 3.74. The quantitative estimate of drug-likeness (QED) is 0.920. The van der Waals surface area contributed by atoms with Crippen LogP contribution in [-0.2, 0) is 10.5 Å². The predicted molar refractivity (Wildman–Crippen MR) is 64.0 cm³/mol. The van der Waals surface area contributed by atoms with Crippen molar-refractivity contribution in [3.05, 3.63) is 34.3 Å². The minimum atomic E-state index is -1.92. The number of hydrogen-bond acceptors (Lipinski definition) is 1. The summed E-state index contributed by atoms with van der Waals surface area (Å²) < 4.78 is 15.4. The van der Waals surface area contributed by atoms with E-state index in [1.54, 1.807) is 24.3 Å². The van der Waals surface area contributed by atoms with E-state index in [4.69, 9.17) is 5.11 Å². The highest BCUT2D eigenvalue weighted by Gasteiger charge is 2.48. The number of carboxylic acids is 1. The normalized spacial score (nSPS) is 15.6. The minimum absolute atomic E-state index is 0.364. The summed E-state index contributed by atoms with van der Waals surface area (Å²) in [5.41, 5.74) is -3.02. The van der Waals surface area contributed by atoms with Crippen molar-refractivity contribution >= 4 is 21.9 Å². The third kappa shape index (κ3) is 2.12. The van der Waals surface area contributed by atoms with Gasteiger partial charge in [0.1, 0.15) is 11.1 Å². The zero-order chi connectivity index (χ0) is 12.6. The van der Waals surface area contributed by atoms with Crippen LogP contribution in [0.15, 0.2) is 28.7 Å². The zero-order valence-electron chi connectivity index (χ0n) is 9.42. The summed E-state index contributed by atoms with van der Waals surface area (Å²) in [6, 6.07) is 6.58. The number of carboxylic acid groups (broad SMARTS) is 1. The molecule has 1 aromatic carbocycles. The first-order chi connectivity index (χ1) is 7.19. The number of rotatable bonds is 3. The molecule has 0 spiro atoms. The topological polar surface area (TPSA) is 37.3 Å². The molecule has 0 aliphatic carbocycles. The maximum absolute atomic E-state index is 14.6. The van der Waals surface area contributed by atoms with Crippen molar-refractivity contribution in [2.24, 2.45) is 5.41 Å². The molecule has 2 nitrogen and oxygen atoms in total. The van der Waals surface area contributed by atoms with Gasteiger partial charge in [0.25, 0.3) is 0 Å². The molecule has 1 atom stereocenters. The summed E-state index contributed by atoms with van der Waals surface area (Å²) >= 11 is 3.25. The Balaban J connectivity index is 3.20. The summed E-state index contributed by atoms with van der Waals surface area (Å²) in [7, 11) is 0. The van der Waals surface area contributed by atoms with E-state index in [-0.39, 0.29) is 0 Å². The average Bonchev–Trinajstić information content (AvgIpc) is 2.17. The second-order valence-corrected chi connectivity index (χ2v) is 5.36. The van der Waals surface area contributed by atoms with Gasteiger partial charge in [0.15, 0.2) is 0 Å². The first-order valence-corrected chi connectivity index (χ1v) is 5.67. The van der Waals surface area contributed by atoms with Crippen LogP contribution >= 0.6 is 15.9 Å². The van der Waals surface area contributed by atoms with Gasteiger partial charge in [-0.05, 0) is 38.5 Å². The van der Waals surface area contributed by atoms with Crippen molar-refractivity contribution in [3.63, 3.8) is 0 Å². The molecule has 1 aromatic rings. The SMILES string of the molecule is CC(C)(C(=O)O)C(C)(F)c1ccc(Br)cc1. The van der Waals surface area contributed by atoms with Gasteiger partial charge < -0.3 is 5.11 Å². The van der Waals surface area contributed by atoms with E-state index >= 15 is 0 Å². The van der Waals surface area contributed by atoms with Gasteiger partial charge in [-0.3, -0.25) is 4.79 Å². The molecule has 0 aliphatic heterocycles. The van der Waals surface area contributed by atoms with Crippen molar-refractivity contribution in [2.45, 2.75) is 26.4 Å². The van der Waals surface area contributed by atoms with E-state index in [0.717, 1.165) is 4.47 Å². The van der Waals surface area contributed by atoms with Crippen LogP contribution in [0.5, 0.6) is 0 Å². The number of hydrogen-bond donors (Lipinski definition) is 1. The maximum atomic E-state index is 14.6. The third-order valence-electron chi connectivity index (χ3n) is 3.09. The van der Waals surface area contributed by atoms with E-state index in [1.165, 1.54) is 20.8 Å². The number of alkyl halides is 1. The van der Waals surface area contributed by atoms with Crippen molar-refractivity contribution in [2.75, 3.05) is 0 Å². The second kappa shape index (κ2) is 4.17. The lowest BCUT2D eigenvalue weighted by Crippen LogP contribution is -2.41. The lowest BCUT2D eigenvalue weighted by Gasteiger charge is -2.34. The fourth-order valence-corrected chi connectivity index (χ4v) is 1.59. The number of carbonyl (C=O) groups is 1. The van der Waals surface area contributed by atoms with Crippen molar-refractivity contribution in [1.29, 1.82) is 0 Å². The van der Waals surface area contributed by atoms with E-state index in [2.05, 4.69) is 15.9 Å². The fraction of sp³-hybridized carbons (Fsp3) is 0.417. The first-order valence-electron chi connectivity index (χ1n) is 4.88. The summed E-state index contributed by atoms with van der Waals surface area (Å²) in [6.07, 6.45) is 0. The van der Waals surface area contributed by atoms with Gasteiger partial charge in [-0.2, -0.15) is 0 Å². The fourth-order valence-electron chi connectivity index (χ4n) is 1.32. The van der Waals surface area contributed by atoms with Crippen LogP contribution in [0.4, 0.5) is 4.39 Å². The Labute approximate surface area is 103 Å². The molecule has 0 saturated carbocycles. The van der Waals surface area contributed by atoms with Gasteiger partial charge in [0, 0.05) is 4.47 Å². The largest absolute Gasteiger partial charge is 0.481 e. The Morgan fingerprint density at radius 1 is 1.25 bits per heavy atom. The van der Waals surface area contributed by atoms with Crippen LogP contribution in [0.1, 0.15) is 26.3 Å². The molecule has 1 rings (SSSR count). The van der Waals surface area contributed by atoms with Gasteiger partial charge in [0.2, 0.25) is 0 Å². The highest BCUT2D eigenvalue weighted by Crippen LogP contribution is 2.43. The Hall–Kier alpha value is -0.900. The monoisotopic (exact) mass is 288 g/mol. The average molecular weight is 289 g/mol. The Morgan fingerprint density at radius 2 is 1.69 bits per heavy atom. The van der Waals surface area contributed by atoms with Gasteiger partial charge in [0.05, 0.1) is 0 Å². The summed E-state index contributed by atoms with van der Waals surface area (Å²) in [6.45, 7) is 4.07. The molecule has 0 radical (unpaired) electrons. The molecule has 16 heavy (non-hydrogen) atoms. The summed E-state index contributed by atoms with van der Waals surface area (Å²) in [5.74, 6) is -1.15. The summed E-state index contributed by atoms with van der Waals surface area (Å²) in [4.78, 5) is 11.1. The molecule has 0 amide bonds.